The first kappa shape index (κ1) is 19.1. The minimum atomic E-state index is -0.527. The van der Waals surface area contributed by atoms with E-state index in [1.807, 2.05) is 56.3 Å². The number of hydrogen-bond donors (Lipinski definition) is 1. The minimum Gasteiger partial charge on any atom is -0.379 e. The molecule has 1 heterocycles. The van der Waals surface area contributed by atoms with Gasteiger partial charge in [0, 0.05) is 30.8 Å². The van der Waals surface area contributed by atoms with Crippen LogP contribution in [0.5, 0.6) is 0 Å². The highest BCUT2D eigenvalue weighted by Gasteiger charge is 2.38. The second kappa shape index (κ2) is 8.82. The molecule has 0 bridgehead atoms. The summed E-state index contributed by atoms with van der Waals surface area (Å²) in [7, 11) is 0. The first-order chi connectivity index (χ1) is 13.1. The Morgan fingerprint density at radius 2 is 1.81 bits per heavy atom. The fraction of sp³-hybridized carbons (Fsp3) is 0.364. The Bertz CT molecular complexity index is 789. The Hall–Kier alpha value is -2.66. The molecule has 5 heteroatoms. The fourth-order valence-corrected chi connectivity index (χ4v) is 3.29. The van der Waals surface area contributed by atoms with Gasteiger partial charge in [-0.25, -0.2) is 0 Å². The van der Waals surface area contributed by atoms with E-state index in [9.17, 15) is 9.59 Å². The van der Waals surface area contributed by atoms with Gasteiger partial charge in [0.2, 0.25) is 5.91 Å². The van der Waals surface area contributed by atoms with Crippen LogP contribution in [0.15, 0.2) is 54.6 Å². The Kier molecular flexibility index (Phi) is 6.24. The van der Waals surface area contributed by atoms with Crippen molar-refractivity contribution < 1.29 is 14.3 Å². The van der Waals surface area contributed by atoms with Crippen LogP contribution in [0.1, 0.15) is 36.2 Å². The number of rotatable bonds is 7. The zero-order valence-electron chi connectivity index (χ0n) is 15.9. The summed E-state index contributed by atoms with van der Waals surface area (Å²) < 4.78 is 5.50. The van der Waals surface area contributed by atoms with Crippen LogP contribution in [-0.2, 0) is 16.0 Å². The van der Waals surface area contributed by atoms with E-state index in [1.54, 1.807) is 17.0 Å². The number of ether oxygens (including phenoxy) is 1. The lowest BCUT2D eigenvalue weighted by atomic mass is 10.1. The van der Waals surface area contributed by atoms with Gasteiger partial charge in [0.1, 0.15) is 6.04 Å². The van der Waals surface area contributed by atoms with Gasteiger partial charge in [-0.3, -0.25) is 14.5 Å². The molecule has 0 fully saturated rings. The highest BCUT2D eigenvalue weighted by atomic mass is 16.5. The lowest BCUT2D eigenvalue weighted by Gasteiger charge is -2.25. The quantitative estimate of drug-likeness (QED) is 0.766. The van der Waals surface area contributed by atoms with E-state index in [0.29, 0.717) is 25.1 Å². The van der Waals surface area contributed by atoms with Crippen molar-refractivity contribution in [3.05, 3.63) is 65.7 Å². The van der Waals surface area contributed by atoms with Gasteiger partial charge < -0.3 is 10.1 Å². The van der Waals surface area contributed by atoms with Gasteiger partial charge in [-0.1, -0.05) is 36.4 Å². The molecule has 0 unspecified atom stereocenters. The largest absolute Gasteiger partial charge is 0.379 e. The van der Waals surface area contributed by atoms with E-state index in [1.165, 1.54) is 0 Å². The third-order valence-electron chi connectivity index (χ3n) is 4.59. The molecule has 0 aromatic heterocycles. The van der Waals surface area contributed by atoms with E-state index < -0.39 is 6.04 Å². The molecule has 2 aromatic rings. The summed E-state index contributed by atoms with van der Waals surface area (Å²) in [5.74, 6) is -0.274. The van der Waals surface area contributed by atoms with E-state index in [0.717, 1.165) is 17.7 Å². The summed E-state index contributed by atoms with van der Waals surface area (Å²) in [6.45, 7) is 5.12. The van der Waals surface area contributed by atoms with Gasteiger partial charge in [-0.2, -0.15) is 0 Å². The van der Waals surface area contributed by atoms with Crippen molar-refractivity contribution in [2.75, 3.05) is 18.1 Å². The second-order valence-corrected chi connectivity index (χ2v) is 6.95. The number of nitrogens with one attached hydrogen (secondary N) is 1. The Labute approximate surface area is 160 Å². The van der Waals surface area contributed by atoms with Crippen LogP contribution < -0.4 is 10.2 Å². The van der Waals surface area contributed by atoms with Gasteiger partial charge >= 0.3 is 0 Å². The molecule has 1 atom stereocenters. The maximum absolute atomic E-state index is 13.1. The number of fused-ring (bicyclic) bond motifs is 1. The number of anilines is 1. The third-order valence-corrected chi connectivity index (χ3v) is 4.59. The van der Waals surface area contributed by atoms with Gasteiger partial charge in [0.15, 0.2) is 0 Å². The number of para-hydroxylation sites is 1. The predicted molar refractivity (Wildman–Crippen MR) is 106 cm³/mol. The van der Waals surface area contributed by atoms with Gasteiger partial charge in [-0.05, 0) is 44.0 Å². The van der Waals surface area contributed by atoms with Crippen LogP contribution in [0.4, 0.5) is 5.69 Å². The lowest BCUT2D eigenvalue weighted by Crippen LogP contribution is -2.48. The van der Waals surface area contributed by atoms with Gasteiger partial charge in [0.25, 0.3) is 5.91 Å². The zero-order valence-corrected chi connectivity index (χ0v) is 15.9. The molecule has 0 aliphatic carbocycles. The smallest absolute Gasteiger partial charge is 0.259 e. The number of nitrogens with zero attached hydrogens (tertiary/aromatic N) is 1. The summed E-state index contributed by atoms with van der Waals surface area (Å²) in [4.78, 5) is 27.5. The van der Waals surface area contributed by atoms with E-state index >= 15 is 0 Å². The molecule has 0 saturated carbocycles. The van der Waals surface area contributed by atoms with Crippen LogP contribution in [0.3, 0.4) is 0 Å². The summed E-state index contributed by atoms with van der Waals surface area (Å²) in [5, 5.41) is 2.96. The number of carbonyl (C=O) groups excluding carboxylic acids is 2. The monoisotopic (exact) mass is 366 g/mol. The summed E-state index contributed by atoms with van der Waals surface area (Å²) in [6.07, 6.45) is 1.46. The molecule has 3 rings (SSSR count). The van der Waals surface area contributed by atoms with Crippen LogP contribution in [-0.4, -0.2) is 37.1 Å². The van der Waals surface area contributed by atoms with Crippen molar-refractivity contribution in [2.24, 2.45) is 0 Å². The Balaban J connectivity index is 1.72. The summed E-state index contributed by atoms with van der Waals surface area (Å²) in [5.41, 5.74) is 2.41. The maximum atomic E-state index is 13.1. The van der Waals surface area contributed by atoms with Crippen LogP contribution in [0, 0.1) is 0 Å². The average Bonchev–Trinajstić information content (AvgIpc) is 3.07. The van der Waals surface area contributed by atoms with E-state index in [2.05, 4.69) is 5.32 Å². The minimum absolute atomic E-state index is 0.125. The molecule has 0 saturated heterocycles. The van der Waals surface area contributed by atoms with Gasteiger partial charge in [0.05, 0.1) is 6.10 Å². The van der Waals surface area contributed by atoms with Crippen LogP contribution in [0.2, 0.25) is 0 Å². The summed E-state index contributed by atoms with van der Waals surface area (Å²) >= 11 is 0. The molecule has 1 aliphatic rings. The normalized spacial score (nSPS) is 15.7. The zero-order chi connectivity index (χ0) is 19.2. The molecule has 0 spiro atoms. The third kappa shape index (κ3) is 4.55. The fourth-order valence-electron chi connectivity index (χ4n) is 3.29. The van der Waals surface area contributed by atoms with Crippen LogP contribution in [0.25, 0.3) is 0 Å². The lowest BCUT2D eigenvalue weighted by molar-refractivity contribution is -0.122. The summed E-state index contributed by atoms with van der Waals surface area (Å²) in [6, 6.07) is 16.3. The molecule has 27 heavy (non-hydrogen) atoms. The first-order valence-electron chi connectivity index (χ1n) is 9.43. The maximum Gasteiger partial charge on any atom is 0.259 e. The van der Waals surface area contributed by atoms with Crippen molar-refractivity contribution >= 4 is 17.5 Å². The molecule has 2 amide bonds. The first-order valence-corrected chi connectivity index (χ1v) is 9.43. The van der Waals surface area contributed by atoms with Crippen molar-refractivity contribution in [1.82, 2.24) is 5.32 Å². The van der Waals surface area contributed by atoms with Crippen molar-refractivity contribution in [2.45, 2.75) is 38.8 Å². The molecule has 2 aromatic carbocycles. The number of carbonyl (C=O) groups is 2. The Morgan fingerprint density at radius 1 is 1.11 bits per heavy atom. The number of benzene rings is 2. The van der Waals surface area contributed by atoms with Gasteiger partial charge in [-0.15, -0.1) is 0 Å². The Morgan fingerprint density at radius 3 is 2.56 bits per heavy atom. The second-order valence-electron chi connectivity index (χ2n) is 6.95. The highest BCUT2D eigenvalue weighted by molar-refractivity contribution is 6.11. The molecular formula is C22H26N2O3. The molecule has 0 radical (unpaired) electrons. The van der Waals surface area contributed by atoms with Crippen molar-refractivity contribution in [1.29, 1.82) is 0 Å². The molecule has 5 nitrogen and oxygen atoms in total. The molecule has 1 aliphatic heterocycles. The number of hydrogen-bond acceptors (Lipinski definition) is 3. The van der Waals surface area contributed by atoms with Crippen molar-refractivity contribution in [3.63, 3.8) is 0 Å². The van der Waals surface area contributed by atoms with E-state index in [4.69, 9.17) is 4.74 Å². The van der Waals surface area contributed by atoms with Crippen LogP contribution >= 0.6 is 0 Å². The van der Waals surface area contributed by atoms with Crippen molar-refractivity contribution in [3.8, 4) is 0 Å². The predicted octanol–water partition coefficient (Wildman–Crippen LogP) is 3.19. The average molecular weight is 366 g/mol. The molecule has 1 N–H and O–H groups in total. The number of amides is 2. The standard InChI is InChI=1S/C22H26N2O3/c1-16(2)27-14-8-13-23-21(25)20-15-18-11-6-7-12-19(18)24(20)22(26)17-9-4-3-5-10-17/h3-7,9-12,16,20H,8,13-15H2,1-2H3,(H,23,25)/t20-/m1/s1. The SMILES string of the molecule is CC(C)OCCCNC(=O)[C@H]1Cc2ccccc2N1C(=O)c1ccccc1. The molecule has 142 valence electrons. The highest BCUT2D eigenvalue weighted by Crippen LogP contribution is 2.33. The topological polar surface area (TPSA) is 58.6 Å². The van der Waals surface area contributed by atoms with E-state index in [-0.39, 0.29) is 17.9 Å². The molecular weight excluding hydrogens is 340 g/mol.